The van der Waals surface area contributed by atoms with E-state index in [1.165, 1.54) is 17.4 Å². The molecular weight excluding hydrogens is 299 g/mol. The molecule has 3 nitrogen and oxygen atoms in total. The van der Waals surface area contributed by atoms with Crippen molar-refractivity contribution in [1.29, 1.82) is 0 Å². The van der Waals surface area contributed by atoms with Crippen LogP contribution in [0.15, 0.2) is 36.5 Å². The number of hydrogen-bond acceptors (Lipinski definition) is 4. The number of benzene rings is 1. The Kier molecular flexibility index (Phi) is 3.29. The monoisotopic (exact) mass is 309 g/mol. The summed E-state index contributed by atoms with van der Waals surface area (Å²) in [6.07, 6.45) is -3.27. The van der Waals surface area contributed by atoms with Crippen molar-refractivity contribution in [1.82, 2.24) is 9.97 Å². The van der Waals surface area contributed by atoms with Gasteiger partial charge >= 0.3 is 6.18 Å². The molecule has 21 heavy (non-hydrogen) atoms. The number of pyridine rings is 1. The molecule has 108 valence electrons. The van der Waals surface area contributed by atoms with Gasteiger partial charge in [-0.25, -0.2) is 9.97 Å². The topological polar surface area (TPSA) is 37.8 Å². The average Bonchev–Trinajstić information content (AvgIpc) is 2.79. The summed E-state index contributed by atoms with van der Waals surface area (Å²) in [6.45, 7) is 1.99. The first kappa shape index (κ1) is 13.8. The summed E-state index contributed by atoms with van der Waals surface area (Å²) in [6, 6.07) is 8.18. The van der Waals surface area contributed by atoms with Gasteiger partial charge in [-0.2, -0.15) is 13.2 Å². The molecule has 1 N–H and O–H groups in total. The minimum atomic E-state index is -4.42. The van der Waals surface area contributed by atoms with E-state index in [-0.39, 0.29) is 0 Å². The van der Waals surface area contributed by atoms with Crippen molar-refractivity contribution in [3.63, 3.8) is 0 Å². The summed E-state index contributed by atoms with van der Waals surface area (Å²) in [5.74, 6) is 0. The molecule has 3 aromatic rings. The molecule has 1 aromatic carbocycles. The quantitative estimate of drug-likeness (QED) is 0.741. The van der Waals surface area contributed by atoms with Crippen molar-refractivity contribution in [2.45, 2.75) is 13.1 Å². The van der Waals surface area contributed by atoms with Crippen LogP contribution in [0.2, 0.25) is 0 Å². The predicted octanol–water partition coefficient (Wildman–Crippen LogP) is 4.76. The Morgan fingerprint density at radius 2 is 1.95 bits per heavy atom. The van der Waals surface area contributed by atoms with Crippen LogP contribution in [0.3, 0.4) is 0 Å². The van der Waals surface area contributed by atoms with Crippen molar-refractivity contribution in [2.24, 2.45) is 0 Å². The Balaban J connectivity index is 1.84. The third-order valence-electron chi connectivity index (χ3n) is 2.85. The minimum absolute atomic E-state index is 0.471. The van der Waals surface area contributed by atoms with Crippen LogP contribution in [0.5, 0.6) is 0 Å². The second-order valence-corrected chi connectivity index (χ2v) is 5.58. The highest BCUT2D eigenvalue weighted by Gasteiger charge is 2.32. The average molecular weight is 309 g/mol. The molecule has 0 amide bonds. The van der Waals surface area contributed by atoms with Gasteiger partial charge in [-0.3, -0.25) is 0 Å². The fourth-order valence-electron chi connectivity index (χ4n) is 1.84. The van der Waals surface area contributed by atoms with E-state index >= 15 is 0 Å². The molecule has 0 atom stereocenters. The number of nitrogens with one attached hydrogen (secondary N) is 1. The number of hydrogen-bond donors (Lipinski definition) is 1. The van der Waals surface area contributed by atoms with E-state index in [1.807, 2.05) is 25.1 Å². The Morgan fingerprint density at radius 1 is 1.14 bits per heavy atom. The normalized spacial score (nSPS) is 11.8. The molecular formula is C14H10F3N3S. The Morgan fingerprint density at radius 3 is 2.62 bits per heavy atom. The lowest BCUT2D eigenvalue weighted by Gasteiger charge is -2.06. The van der Waals surface area contributed by atoms with Gasteiger partial charge in [-0.1, -0.05) is 17.4 Å². The third kappa shape index (κ3) is 2.97. The van der Waals surface area contributed by atoms with Gasteiger partial charge in [-0.05, 0) is 36.8 Å². The van der Waals surface area contributed by atoms with E-state index in [4.69, 9.17) is 0 Å². The van der Waals surface area contributed by atoms with Crippen LogP contribution in [-0.2, 0) is 6.18 Å². The maximum absolute atomic E-state index is 12.4. The van der Waals surface area contributed by atoms with Crippen LogP contribution in [0, 0.1) is 6.92 Å². The molecule has 0 aliphatic heterocycles. The van der Waals surface area contributed by atoms with Gasteiger partial charge in [0.05, 0.1) is 22.1 Å². The van der Waals surface area contributed by atoms with Gasteiger partial charge in [0, 0.05) is 0 Å². The summed E-state index contributed by atoms with van der Waals surface area (Å²) < 4.78 is 38.3. The lowest BCUT2D eigenvalue weighted by Crippen LogP contribution is -2.07. The molecule has 3 rings (SSSR count). The van der Waals surface area contributed by atoms with Gasteiger partial charge < -0.3 is 5.32 Å². The number of aromatic nitrogens is 2. The first-order valence-corrected chi connectivity index (χ1v) is 6.91. The van der Waals surface area contributed by atoms with Crippen molar-refractivity contribution in [2.75, 3.05) is 5.32 Å². The molecule has 0 saturated heterocycles. The van der Waals surface area contributed by atoms with Crippen molar-refractivity contribution >= 4 is 32.4 Å². The number of halogens is 3. The van der Waals surface area contributed by atoms with E-state index in [0.717, 1.165) is 28.0 Å². The molecule has 2 aromatic heterocycles. The molecule has 0 spiro atoms. The maximum Gasteiger partial charge on any atom is 0.433 e. The standard InChI is InChI=1S/C14H10F3N3S/c1-8-2-4-10-11(6-8)21-13(20-10)19-9-3-5-12(18-7-9)14(15,16)17/h2-7H,1H3,(H,19,20). The number of thiazole rings is 1. The molecule has 0 bridgehead atoms. The fourth-order valence-corrected chi connectivity index (χ4v) is 2.83. The van der Waals surface area contributed by atoms with Crippen LogP contribution >= 0.6 is 11.3 Å². The molecule has 0 unspecified atom stereocenters. The number of alkyl halides is 3. The number of aryl methyl sites for hydroxylation is 1. The molecule has 2 heterocycles. The first-order chi connectivity index (χ1) is 9.91. The summed E-state index contributed by atoms with van der Waals surface area (Å²) in [5.41, 5.74) is 1.55. The highest BCUT2D eigenvalue weighted by molar-refractivity contribution is 7.22. The van der Waals surface area contributed by atoms with E-state index in [2.05, 4.69) is 15.3 Å². The molecule has 0 fully saturated rings. The van der Waals surface area contributed by atoms with E-state index in [1.54, 1.807) is 0 Å². The number of fused-ring (bicyclic) bond motifs is 1. The maximum atomic E-state index is 12.4. The van der Waals surface area contributed by atoms with Crippen LogP contribution < -0.4 is 5.32 Å². The summed E-state index contributed by atoms with van der Waals surface area (Å²) >= 11 is 1.44. The van der Waals surface area contributed by atoms with Gasteiger partial charge in [0.1, 0.15) is 5.69 Å². The summed E-state index contributed by atoms with van der Waals surface area (Å²) in [4.78, 5) is 7.78. The fraction of sp³-hybridized carbons (Fsp3) is 0.143. The van der Waals surface area contributed by atoms with Crippen LogP contribution in [-0.4, -0.2) is 9.97 Å². The lowest BCUT2D eigenvalue weighted by atomic mass is 10.2. The highest BCUT2D eigenvalue weighted by atomic mass is 32.1. The number of rotatable bonds is 2. The molecule has 7 heteroatoms. The zero-order valence-corrected chi connectivity index (χ0v) is 11.7. The Labute approximate surface area is 122 Å². The van der Waals surface area contributed by atoms with E-state index in [9.17, 15) is 13.2 Å². The zero-order chi connectivity index (χ0) is 15.0. The van der Waals surface area contributed by atoms with Gasteiger partial charge in [0.25, 0.3) is 0 Å². The van der Waals surface area contributed by atoms with E-state index < -0.39 is 11.9 Å². The Hall–Kier alpha value is -2.15. The van der Waals surface area contributed by atoms with Crippen molar-refractivity contribution < 1.29 is 13.2 Å². The van der Waals surface area contributed by atoms with Crippen LogP contribution in [0.4, 0.5) is 24.0 Å². The van der Waals surface area contributed by atoms with Crippen molar-refractivity contribution in [3.05, 3.63) is 47.8 Å². The summed E-state index contributed by atoms with van der Waals surface area (Å²) in [5, 5.41) is 3.59. The summed E-state index contributed by atoms with van der Waals surface area (Å²) in [7, 11) is 0. The smallest absolute Gasteiger partial charge is 0.330 e. The predicted molar refractivity (Wildman–Crippen MR) is 76.9 cm³/mol. The van der Waals surface area contributed by atoms with Crippen LogP contribution in [0.25, 0.3) is 10.2 Å². The van der Waals surface area contributed by atoms with Gasteiger partial charge in [0.15, 0.2) is 5.13 Å². The van der Waals surface area contributed by atoms with Crippen LogP contribution in [0.1, 0.15) is 11.3 Å². The number of anilines is 2. The van der Waals surface area contributed by atoms with E-state index in [0.29, 0.717) is 10.8 Å². The first-order valence-electron chi connectivity index (χ1n) is 6.09. The second kappa shape index (κ2) is 5.00. The highest BCUT2D eigenvalue weighted by Crippen LogP contribution is 2.30. The largest absolute Gasteiger partial charge is 0.433 e. The molecule has 0 radical (unpaired) electrons. The van der Waals surface area contributed by atoms with Gasteiger partial charge in [-0.15, -0.1) is 0 Å². The SMILES string of the molecule is Cc1ccc2nc(Nc3ccc(C(F)(F)F)nc3)sc2c1. The van der Waals surface area contributed by atoms with Crippen molar-refractivity contribution in [3.8, 4) is 0 Å². The molecule has 0 saturated carbocycles. The lowest BCUT2D eigenvalue weighted by molar-refractivity contribution is -0.141. The van der Waals surface area contributed by atoms with Gasteiger partial charge in [0.2, 0.25) is 0 Å². The molecule has 0 aliphatic carbocycles. The molecule has 0 aliphatic rings. The minimum Gasteiger partial charge on any atom is -0.330 e. The Bertz CT molecular complexity index is 778. The second-order valence-electron chi connectivity index (χ2n) is 4.55. The zero-order valence-electron chi connectivity index (χ0n) is 10.9. The third-order valence-corrected chi connectivity index (χ3v) is 3.78. The number of nitrogens with zero attached hydrogens (tertiary/aromatic N) is 2.